The fourth-order valence-corrected chi connectivity index (χ4v) is 1.39. The summed E-state index contributed by atoms with van der Waals surface area (Å²) in [7, 11) is 0. The lowest BCUT2D eigenvalue weighted by Crippen LogP contribution is -1.97. The van der Waals surface area contributed by atoms with Gasteiger partial charge in [0, 0.05) is 18.3 Å². The molecule has 6 heteroatoms. The first-order valence-electron chi connectivity index (χ1n) is 5.13. The number of aromatic nitrogens is 3. The third-order valence-corrected chi connectivity index (χ3v) is 2.26. The first-order valence-corrected chi connectivity index (χ1v) is 5.13. The Morgan fingerprint density at radius 2 is 2.29 bits per heavy atom. The van der Waals surface area contributed by atoms with Crippen LogP contribution in [-0.2, 0) is 11.2 Å². The second kappa shape index (κ2) is 4.73. The standard InChI is InChI=1S/C11H11N3O3/c1-7-8(3-2-6-12-7)11-14-13-9(17-11)4-5-10(15)16/h2-3,6H,4-5H2,1H3,(H,15,16). The van der Waals surface area contributed by atoms with Crippen LogP contribution in [-0.4, -0.2) is 26.3 Å². The molecule has 0 aliphatic rings. The number of carboxylic acids is 1. The van der Waals surface area contributed by atoms with Crippen molar-refractivity contribution in [3.63, 3.8) is 0 Å². The summed E-state index contributed by atoms with van der Waals surface area (Å²) in [6, 6.07) is 3.61. The Labute approximate surface area is 97.3 Å². The van der Waals surface area contributed by atoms with Crippen molar-refractivity contribution in [3.8, 4) is 11.5 Å². The minimum Gasteiger partial charge on any atom is -0.481 e. The topological polar surface area (TPSA) is 89.1 Å². The van der Waals surface area contributed by atoms with Crippen molar-refractivity contribution in [3.05, 3.63) is 29.9 Å². The minimum atomic E-state index is -0.887. The summed E-state index contributed by atoms with van der Waals surface area (Å²) >= 11 is 0. The first kappa shape index (κ1) is 11.3. The molecule has 0 fully saturated rings. The van der Waals surface area contributed by atoms with E-state index in [-0.39, 0.29) is 12.8 Å². The zero-order chi connectivity index (χ0) is 12.3. The number of aliphatic carboxylic acids is 1. The molecular formula is C11H11N3O3. The van der Waals surface area contributed by atoms with E-state index in [1.54, 1.807) is 12.3 Å². The quantitative estimate of drug-likeness (QED) is 0.859. The predicted octanol–water partition coefficient (Wildman–Crippen LogP) is 1.46. The van der Waals surface area contributed by atoms with Crippen molar-refractivity contribution in [1.82, 2.24) is 15.2 Å². The Morgan fingerprint density at radius 1 is 1.47 bits per heavy atom. The van der Waals surface area contributed by atoms with E-state index >= 15 is 0 Å². The average molecular weight is 233 g/mol. The first-order chi connectivity index (χ1) is 8.16. The Kier molecular flexibility index (Phi) is 3.13. The molecule has 2 aromatic heterocycles. The monoisotopic (exact) mass is 233 g/mol. The number of pyridine rings is 1. The smallest absolute Gasteiger partial charge is 0.303 e. The van der Waals surface area contributed by atoms with E-state index in [9.17, 15) is 4.79 Å². The molecule has 88 valence electrons. The Bertz CT molecular complexity index is 536. The highest BCUT2D eigenvalue weighted by molar-refractivity contribution is 5.66. The molecule has 0 bridgehead atoms. The summed E-state index contributed by atoms with van der Waals surface area (Å²) in [6.45, 7) is 1.84. The highest BCUT2D eigenvalue weighted by Gasteiger charge is 2.11. The van der Waals surface area contributed by atoms with Gasteiger partial charge in [-0.15, -0.1) is 10.2 Å². The van der Waals surface area contributed by atoms with E-state index in [0.29, 0.717) is 11.8 Å². The van der Waals surface area contributed by atoms with Gasteiger partial charge in [0.15, 0.2) is 0 Å². The van der Waals surface area contributed by atoms with Gasteiger partial charge in [-0.2, -0.15) is 0 Å². The van der Waals surface area contributed by atoms with Crippen LogP contribution in [0, 0.1) is 6.92 Å². The van der Waals surface area contributed by atoms with Crippen molar-refractivity contribution in [1.29, 1.82) is 0 Å². The zero-order valence-electron chi connectivity index (χ0n) is 9.25. The van der Waals surface area contributed by atoms with E-state index in [2.05, 4.69) is 15.2 Å². The van der Waals surface area contributed by atoms with Gasteiger partial charge in [0.05, 0.1) is 12.0 Å². The maximum Gasteiger partial charge on any atom is 0.303 e. The SMILES string of the molecule is Cc1ncccc1-c1nnc(CCC(=O)O)o1. The van der Waals surface area contributed by atoms with Gasteiger partial charge in [-0.1, -0.05) is 0 Å². The number of hydrogen-bond donors (Lipinski definition) is 1. The summed E-state index contributed by atoms with van der Waals surface area (Å²) in [5, 5.41) is 16.2. The van der Waals surface area contributed by atoms with Crippen LogP contribution in [0.1, 0.15) is 18.0 Å². The van der Waals surface area contributed by atoms with Crippen LogP contribution in [0.5, 0.6) is 0 Å². The molecule has 0 atom stereocenters. The van der Waals surface area contributed by atoms with Gasteiger partial charge in [-0.3, -0.25) is 9.78 Å². The highest BCUT2D eigenvalue weighted by atomic mass is 16.4. The van der Waals surface area contributed by atoms with E-state index in [1.807, 2.05) is 13.0 Å². The molecule has 0 aromatic carbocycles. The molecule has 0 radical (unpaired) electrons. The molecule has 6 nitrogen and oxygen atoms in total. The number of hydrogen-bond acceptors (Lipinski definition) is 5. The number of nitrogens with zero attached hydrogens (tertiary/aromatic N) is 3. The second-order valence-electron chi connectivity index (χ2n) is 3.53. The van der Waals surface area contributed by atoms with E-state index in [4.69, 9.17) is 9.52 Å². The van der Waals surface area contributed by atoms with Crippen molar-refractivity contribution in [2.24, 2.45) is 0 Å². The fraction of sp³-hybridized carbons (Fsp3) is 0.273. The lowest BCUT2D eigenvalue weighted by atomic mass is 10.2. The minimum absolute atomic E-state index is 0.0202. The summed E-state index contributed by atoms with van der Waals surface area (Å²) < 4.78 is 5.38. The van der Waals surface area contributed by atoms with Gasteiger partial charge in [-0.25, -0.2) is 0 Å². The summed E-state index contributed by atoms with van der Waals surface area (Å²) in [5.41, 5.74) is 1.56. The van der Waals surface area contributed by atoms with Gasteiger partial charge >= 0.3 is 5.97 Å². The molecule has 0 amide bonds. The molecule has 0 unspecified atom stereocenters. The van der Waals surface area contributed by atoms with E-state index in [0.717, 1.165) is 11.3 Å². The normalized spacial score (nSPS) is 10.4. The van der Waals surface area contributed by atoms with Gasteiger partial charge in [-0.05, 0) is 19.1 Å². The lowest BCUT2D eigenvalue weighted by Gasteiger charge is -1.97. The molecule has 0 saturated carbocycles. The van der Waals surface area contributed by atoms with Crippen molar-refractivity contribution < 1.29 is 14.3 Å². The third-order valence-electron chi connectivity index (χ3n) is 2.26. The lowest BCUT2D eigenvalue weighted by molar-refractivity contribution is -0.137. The summed E-state index contributed by atoms with van der Waals surface area (Å²) in [6.07, 6.45) is 1.90. The number of rotatable bonds is 4. The second-order valence-corrected chi connectivity index (χ2v) is 3.53. The van der Waals surface area contributed by atoms with Crippen LogP contribution in [0.25, 0.3) is 11.5 Å². The maximum atomic E-state index is 10.4. The number of carboxylic acid groups (broad SMARTS) is 1. The molecule has 1 N–H and O–H groups in total. The highest BCUT2D eigenvalue weighted by Crippen LogP contribution is 2.20. The number of carbonyl (C=O) groups is 1. The van der Waals surface area contributed by atoms with Crippen LogP contribution in [0.15, 0.2) is 22.7 Å². The maximum absolute atomic E-state index is 10.4. The molecule has 0 aliphatic heterocycles. The molecule has 2 aromatic rings. The van der Waals surface area contributed by atoms with Crippen molar-refractivity contribution in [2.45, 2.75) is 19.8 Å². The Hall–Kier alpha value is -2.24. The third kappa shape index (κ3) is 2.66. The fourth-order valence-electron chi connectivity index (χ4n) is 1.39. The van der Waals surface area contributed by atoms with Crippen molar-refractivity contribution >= 4 is 5.97 Å². The Morgan fingerprint density at radius 3 is 3.00 bits per heavy atom. The van der Waals surface area contributed by atoms with Crippen LogP contribution >= 0.6 is 0 Å². The molecule has 17 heavy (non-hydrogen) atoms. The molecule has 2 heterocycles. The van der Waals surface area contributed by atoms with Crippen LogP contribution in [0.3, 0.4) is 0 Å². The summed E-state index contributed by atoms with van der Waals surface area (Å²) in [4.78, 5) is 14.5. The molecule has 2 rings (SSSR count). The van der Waals surface area contributed by atoms with Crippen LogP contribution < -0.4 is 0 Å². The molecule has 0 aliphatic carbocycles. The van der Waals surface area contributed by atoms with Crippen molar-refractivity contribution in [2.75, 3.05) is 0 Å². The van der Waals surface area contributed by atoms with Gasteiger partial charge in [0.25, 0.3) is 0 Å². The number of aryl methyl sites for hydroxylation is 2. The molecular weight excluding hydrogens is 222 g/mol. The van der Waals surface area contributed by atoms with E-state index < -0.39 is 5.97 Å². The van der Waals surface area contributed by atoms with E-state index in [1.165, 1.54) is 0 Å². The van der Waals surface area contributed by atoms with Crippen LogP contribution in [0.4, 0.5) is 0 Å². The zero-order valence-corrected chi connectivity index (χ0v) is 9.25. The van der Waals surface area contributed by atoms with Crippen LogP contribution in [0.2, 0.25) is 0 Å². The van der Waals surface area contributed by atoms with Gasteiger partial charge in [0.2, 0.25) is 11.8 Å². The predicted molar refractivity (Wildman–Crippen MR) is 58.2 cm³/mol. The average Bonchev–Trinajstić information content (AvgIpc) is 2.75. The summed E-state index contributed by atoms with van der Waals surface area (Å²) in [5.74, 6) is -0.191. The Balaban J connectivity index is 2.18. The van der Waals surface area contributed by atoms with Gasteiger partial charge in [0.1, 0.15) is 0 Å². The van der Waals surface area contributed by atoms with Gasteiger partial charge < -0.3 is 9.52 Å². The largest absolute Gasteiger partial charge is 0.481 e. The molecule has 0 spiro atoms. The molecule has 0 saturated heterocycles.